The zero-order valence-electron chi connectivity index (χ0n) is 9.77. The van der Waals surface area contributed by atoms with Crippen molar-refractivity contribution in [3.05, 3.63) is 29.8 Å². The SMILES string of the molecule is COC(=O)[C@@](C)(N)Cc1cccc(O)c1.Cl.O. The van der Waals surface area contributed by atoms with Crippen LogP contribution in [0.15, 0.2) is 24.3 Å². The average molecular weight is 264 g/mol. The maximum Gasteiger partial charge on any atom is 0.325 e. The maximum atomic E-state index is 11.3. The van der Waals surface area contributed by atoms with Gasteiger partial charge in [-0.25, -0.2) is 0 Å². The number of phenolic OH excluding ortho intramolecular Hbond substituents is 1. The van der Waals surface area contributed by atoms with Crippen molar-refractivity contribution in [1.29, 1.82) is 0 Å². The summed E-state index contributed by atoms with van der Waals surface area (Å²) in [6.45, 7) is 1.60. The monoisotopic (exact) mass is 263 g/mol. The highest BCUT2D eigenvalue weighted by Gasteiger charge is 2.29. The molecule has 0 spiro atoms. The molecule has 1 atom stereocenters. The summed E-state index contributed by atoms with van der Waals surface area (Å²) in [5.41, 5.74) is 5.53. The molecule has 17 heavy (non-hydrogen) atoms. The van der Waals surface area contributed by atoms with E-state index in [1.54, 1.807) is 31.2 Å². The first kappa shape index (κ1) is 18.1. The predicted octanol–water partition coefficient (Wildman–Crippen LogP) is 0.422. The highest BCUT2D eigenvalue weighted by atomic mass is 35.5. The van der Waals surface area contributed by atoms with Crippen molar-refractivity contribution in [3.8, 4) is 5.75 Å². The number of benzene rings is 1. The number of hydrogen-bond acceptors (Lipinski definition) is 4. The van der Waals surface area contributed by atoms with Crippen molar-refractivity contribution in [2.75, 3.05) is 7.11 Å². The first-order chi connectivity index (χ1) is 6.95. The normalized spacial score (nSPS) is 12.6. The third-order valence-electron chi connectivity index (χ3n) is 2.13. The van der Waals surface area contributed by atoms with Gasteiger partial charge in [0.15, 0.2) is 0 Å². The van der Waals surface area contributed by atoms with Gasteiger partial charge in [-0.2, -0.15) is 0 Å². The average Bonchev–Trinajstić information content (AvgIpc) is 2.15. The zero-order chi connectivity index (χ0) is 11.5. The number of esters is 1. The second kappa shape index (κ2) is 7.11. The smallest absolute Gasteiger partial charge is 0.325 e. The molecular formula is C11H18ClNO4. The van der Waals surface area contributed by atoms with Crippen molar-refractivity contribution in [2.45, 2.75) is 18.9 Å². The van der Waals surface area contributed by atoms with E-state index in [9.17, 15) is 9.90 Å². The number of ether oxygens (including phenoxy) is 1. The lowest BCUT2D eigenvalue weighted by Crippen LogP contribution is -2.47. The highest BCUT2D eigenvalue weighted by Crippen LogP contribution is 2.16. The fraction of sp³-hybridized carbons (Fsp3) is 0.364. The van der Waals surface area contributed by atoms with E-state index in [2.05, 4.69) is 4.74 Å². The molecule has 0 bridgehead atoms. The lowest BCUT2D eigenvalue weighted by Gasteiger charge is -2.21. The number of hydrogen-bond donors (Lipinski definition) is 2. The van der Waals surface area contributed by atoms with Gasteiger partial charge in [-0.3, -0.25) is 4.79 Å². The summed E-state index contributed by atoms with van der Waals surface area (Å²) in [6.07, 6.45) is 0.327. The Bertz CT molecular complexity index is 368. The maximum absolute atomic E-state index is 11.3. The third-order valence-corrected chi connectivity index (χ3v) is 2.13. The molecule has 0 aliphatic carbocycles. The minimum atomic E-state index is -1.07. The van der Waals surface area contributed by atoms with Gasteiger partial charge in [0.25, 0.3) is 0 Å². The van der Waals surface area contributed by atoms with Crippen molar-refractivity contribution in [3.63, 3.8) is 0 Å². The largest absolute Gasteiger partial charge is 0.508 e. The van der Waals surface area contributed by atoms with Crippen molar-refractivity contribution in [1.82, 2.24) is 0 Å². The van der Waals surface area contributed by atoms with Crippen LogP contribution in [0.1, 0.15) is 12.5 Å². The molecule has 1 aromatic carbocycles. The summed E-state index contributed by atoms with van der Waals surface area (Å²) in [4.78, 5) is 11.3. The molecule has 0 radical (unpaired) electrons. The van der Waals surface area contributed by atoms with Gasteiger partial charge >= 0.3 is 5.97 Å². The molecule has 0 saturated carbocycles. The molecule has 0 fully saturated rings. The number of methoxy groups -OCH3 is 1. The Morgan fingerprint density at radius 1 is 1.53 bits per heavy atom. The molecule has 0 amide bonds. The van der Waals surface area contributed by atoms with E-state index in [1.807, 2.05) is 0 Å². The van der Waals surface area contributed by atoms with Gasteiger partial charge in [-0.15, -0.1) is 12.4 Å². The van der Waals surface area contributed by atoms with Crippen LogP contribution < -0.4 is 5.73 Å². The molecule has 5 N–H and O–H groups in total. The summed E-state index contributed by atoms with van der Waals surface area (Å²) in [5.74, 6) is -0.306. The van der Waals surface area contributed by atoms with Crippen LogP contribution in [-0.4, -0.2) is 29.2 Å². The second-order valence-electron chi connectivity index (χ2n) is 3.76. The first-order valence-electron chi connectivity index (χ1n) is 4.61. The van der Waals surface area contributed by atoms with E-state index in [1.165, 1.54) is 7.11 Å². The fourth-order valence-corrected chi connectivity index (χ4v) is 1.40. The van der Waals surface area contributed by atoms with E-state index in [4.69, 9.17) is 5.73 Å². The Labute approximate surface area is 106 Å². The number of carbonyl (C=O) groups excluding carboxylic acids is 1. The van der Waals surface area contributed by atoms with Crippen LogP contribution >= 0.6 is 12.4 Å². The lowest BCUT2D eigenvalue weighted by atomic mass is 9.94. The quantitative estimate of drug-likeness (QED) is 0.771. The van der Waals surface area contributed by atoms with Crippen LogP contribution in [-0.2, 0) is 16.0 Å². The minimum absolute atomic E-state index is 0. The Morgan fingerprint density at radius 2 is 2.12 bits per heavy atom. The first-order valence-corrected chi connectivity index (χ1v) is 4.61. The summed E-state index contributed by atoms with van der Waals surface area (Å²) in [5, 5.41) is 9.25. The standard InChI is InChI=1S/C11H15NO3.ClH.H2O/c1-11(12,10(14)15-2)7-8-4-3-5-9(13)6-8;;/h3-6,13H,7,12H2,1-2H3;1H;1H2/t11-;;/m0../s1. The third kappa shape index (κ3) is 5.04. The summed E-state index contributed by atoms with van der Waals surface area (Å²) >= 11 is 0. The highest BCUT2D eigenvalue weighted by molar-refractivity contribution is 5.85. The molecule has 0 aliphatic heterocycles. The lowest BCUT2D eigenvalue weighted by molar-refractivity contribution is -0.146. The van der Waals surface area contributed by atoms with E-state index in [-0.39, 0.29) is 23.6 Å². The van der Waals surface area contributed by atoms with E-state index in [0.717, 1.165) is 5.56 Å². The van der Waals surface area contributed by atoms with Crippen LogP contribution in [0.5, 0.6) is 5.75 Å². The summed E-state index contributed by atoms with van der Waals surface area (Å²) in [6, 6.07) is 6.65. The molecule has 98 valence electrons. The molecule has 0 saturated heterocycles. The van der Waals surface area contributed by atoms with Gasteiger partial charge in [-0.1, -0.05) is 12.1 Å². The van der Waals surface area contributed by atoms with Crippen molar-refractivity contribution >= 4 is 18.4 Å². The molecular weight excluding hydrogens is 246 g/mol. The number of halogens is 1. The van der Waals surface area contributed by atoms with Crippen LogP contribution in [0.4, 0.5) is 0 Å². The summed E-state index contributed by atoms with van der Waals surface area (Å²) < 4.78 is 4.59. The number of nitrogens with two attached hydrogens (primary N) is 1. The van der Waals surface area contributed by atoms with Gasteiger partial charge in [0.05, 0.1) is 7.11 Å². The van der Waals surface area contributed by atoms with E-state index < -0.39 is 11.5 Å². The van der Waals surface area contributed by atoms with Gasteiger partial charge < -0.3 is 21.1 Å². The number of phenols is 1. The number of aromatic hydroxyl groups is 1. The molecule has 6 heteroatoms. The molecule has 0 aliphatic rings. The van der Waals surface area contributed by atoms with Crippen molar-refractivity contribution < 1.29 is 20.1 Å². The Morgan fingerprint density at radius 3 is 2.59 bits per heavy atom. The zero-order valence-corrected chi connectivity index (χ0v) is 10.6. The van der Waals surface area contributed by atoms with Gasteiger partial charge in [0.2, 0.25) is 0 Å². The number of rotatable bonds is 3. The second-order valence-corrected chi connectivity index (χ2v) is 3.76. The molecule has 1 aromatic rings. The molecule has 0 heterocycles. The Balaban J connectivity index is 0. The van der Waals surface area contributed by atoms with Crippen LogP contribution in [0.3, 0.4) is 0 Å². The topological polar surface area (TPSA) is 104 Å². The summed E-state index contributed by atoms with van der Waals surface area (Å²) in [7, 11) is 1.30. The molecule has 0 aromatic heterocycles. The van der Waals surface area contributed by atoms with E-state index >= 15 is 0 Å². The molecule has 1 rings (SSSR count). The molecule has 5 nitrogen and oxygen atoms in total. The van der Waals surface area contributed by atoms with Crippen LogP contribution in [0.2, 0.25) is 0 Å². The Kier molecular flexibility index (Phi) is 7.56. The van der Waals surface area contributed by atoms with Crippen LogP contribution in [0, 0.1) is 0 Å². The van der Waals surface area contributed by atoms with Crippen LogP contribution in [0.25, 0.3) is 0 Å². The predicted molar refractivity (Wildman–Crippen MR) is 67.3 cm³/mol. The minimum Gasteiger partial charge on any atom is -0.508 e. The van der Waals surface area contributed by atoms with Crippen molar-refractivity contribution in [2.24, 2.45) is 5.73 Å². The Hall–Kier alpha value is -1.30. The van der Waals surface area contributed by atoms with Gasteiger partial charge in [0, 0.05) is 6.42 Å². The number of carbonyl (C=O) groups is 1. The van der Waals surface area contributed by atoms with Gasteiger partial charge in [0.1, 0.15) is 11.3 Å². The van der Waals surface area contributed by atoms with Gasteiger partial charge in [-0.05, 0) is 24.6 Å². The van der Waals surface area contributed by atoms with E-state index in [0.29, 0.717) is 6.42 Å². The fourth-order valence-electron chi connectivity index (χ4n) is 1.40. The molecule has 0 unspecified atom stereocenters.